The number of rotatable bonds is 7. The van der Waals surface area contributed by atoms with Crippen molar-refractivity contribution in [3.05, 3.63) is 29.8 Å². The largest absolute Gasteiger partial charge is 0.356 e. The van der Waals surface area contributed by atoms with Crippen molar-refractivity contribution < 1.29 is 13.2 Å². The van der Waals surface area contributed by atoms with Crippen molar-refractivity contribution in [2.24, 2.45) is 5.14 Å². The van der Waals surface area contributed by atoms with Gasteiger partial charge < -0.3 is 15.1 Å². The van der Waals surface area contributed by atoms with E-state index in [9.17, 15) is 13.2 Å². The first kappa shape index (κ1) is 18.9. The van der Waals surface area contributed by atoms with Gasteiger partial charge in [0.2, 0.25) is 15.9 Å². The fourth-order valence-corrected chi connectivity index (χ4v) is 3.13. The number of hydrogen-bond donors (Lipinski definition) is 2. The van der Waals surface area contributed by atoms with Crippen molar-refractivity contribution in [2.45, 2.75) is 17.7 Å². The van der Waals surface area contributed by atoms with Gasteiger partial charge in [-0.3, -0.25) is 4.79 Å². The minimum absolute atomic E-state index is 0.0510. The molecule has 0 atom stereocenters. The molecule has 0 aromatic heterocycles. The fourth-order valence-electron chi connectivity index (χ4n) is 2.61. The maximum Gasteiger partial charge on any atom is 0.238 e. The molecule has 0 aliphatic carbocycles. The van der Waals surface area contributed by atoms with Gasteiger partial charge in [0.15, 0.2) is 0 Å². The van der Waals surface area contributed by atoms with Gasteiger partial charge in [0.25, 0.3) is 0 Å². The van der Waals surface area contributed by atoms with Gasteiger partial charge in [-0.15, -0.1) is 0 Å². The number of piperazine rings is 1. The van der Waals surface area contributed by atoms with Crippen molar-refractivity contribution in [2.75, 3.05) is 46.3 Å². The molecule has 0 unspecified atom stereocenters. The average molecular weight is 354 g/mol. The van der Waals surface area contributed by atoms with Crippen LogP contribution in [0.15, 0.2) is 29.2 Å². The van der Waals surface area contributed by atoms with Crippen LogP contribution in [0.5, 0.6) is 0 Å². The first-order valence-corrected chi connectivity index (χ1v) is 9.68. The second kappa shape index (κ2) is 8.57. The molecule has 0 spiro atoms. The summed E-state index contributed by atoms with van der Waals surface area (Å²) in [5, 5.41) is 7.96. The van der Waals surface area contributed by atoms with E-state index in [0.717, 1.165) is 38.3 Å². The second-order valence-corrected chi connectivity index (χ2v) is 7.75. The van der Waals surface area contributed by atoms with Crippen molar-refractivity contribution in [3.8, 4) is 0 Å². The van der Waals surface area contributed by atoms with Gasteiger partial charge in [0.05, 0.1) is 4.90 Å². The third kappa shape index (κ3) is 6.20. The van der Waals surface area contributed by atoms with Gasteiger partial charge in [0, 0.05) is 45.7 Å². The van der Waals surface area contributed by atoms with Gasteiger partial charge in [0.1, 0.15) is 0 Å². The number of nitrogens with zero attached hydrogens (tertiary/aromatic N) is 2. The first-order chi connectivity index (χ1) is 11.3. The van der Waals surface area contributed by atoms with Crippen LogP contribution in [0, 0.1) is 0 Å². The molecular formula is C16H26N4O3S. The molecular weight excluding hydrogens is 328 g/mol. The molecule has 1 saturated heterocycles. The lowest BCUT2D eigenvalue weighted by molar-refractivity contribution is -0.121. The molecule has 1 fully saturated rings. The van der Waals surface area contributed by atoms with E-state index >= 15 is 0 Å². The van der Waals surface area contributed by atoms with E-state index < -0.39 is 10.0 Å². The van der Waals surface area contributed by atoms with E-state index in [-0.39, 0.29) is 10.8 Å². The number of primary sulfonamides is 1. The summed E-state index contributed by atoms with van der Waals surface area (Å²) in [6.45, 7) is 5.46. The van der Waals surface area contributed by atoms with Crippen molar-refractivity contribution in [3.63, 3.8) is 0 Å². The highest BCUT2D eigenvalue weighted by atomic mass is 32.2. The molecule has 7 nitrogen and oxygen atoms in total. The number of amides is 1. The van der Waals surface area contributed by atoms with Crippen LogP contribution in [0.4, 0.5) is 0 Å². The SMILES string of the molecule is CN1CCN(CCC(=O)NCCc2ccc(S(N)(=O)=O)cc2)CC1. The summed E-state index contributed by atoms with van der Waals surface area (Å²) in [4.78, 5) is 16.6. The van der Waals surface area contributed by atoms with E-state index in [1.807, 2.05) is 0 Å². The Morgan fingerprint density at radius 1 is 1.17 bits per heavy atom. The van der Waals surface area contributed by atoms with E-state index in [1.165, 1.54) is 12.1 Å². The van der Waals surface area contributed by atoms with Gasteiger partial charge in [-0.2, -0.15) is 0 Å². The summed E-state index contributed by atoms with van der Waals surface area (Å²) in [7, 11) is -1.54. The second-order valence-electron chi connectivity index (χ2n) is 6.18. The maximum atomic E-state index is 11.9. The number of benzene rings is 1. The summed E-state index contributed by atoms with van der Waals surface area (Å²) in [6, 6.07) is 6.41. The number of nitrogens with two attached hydrogens (primary N) is 1. The predicted octanol–water partition coefficient (Wildman–Crippen LogP) is -0.370. The Kier molecular flexibility index (Phi) is 6.73. The molecule has 1 aromatic carbocycles. The fraction of sp³-hybridized carbons (Fsp3) is 0.562. The molecule has 1 aliphatic rings. The Morgan fingerprint density at radius 2 is 1.79 bits per heavy atom. The lowest BCUT2D eigenvalue weighted by Crippen LogP contribution is -2.45. The van der Waals surface area contributed by atoms with Crippen LogP contribution in [-0.4, -0.2) is 70.4 Å². The predicted molar refractivity (Wildman–Crippen MR) is 93.1 cm³/mol. The number of hydrogen-bond acceptors (Lipinski definition) is 5. The topological polar surface area (TPSA) is 95.7 Å². The summed E-state index contributed by atoms with van der Waals surface area (Å²) < 4.78 is 22.4. The van der Waals surface area contributed by atoms with Crippen molar-refractivity contribution in [1.82, 2.24) is 15.1 Å². The molecule has 24 heavy (non-hydrogen) atoms. The Bertz CT molecular complexity index is 638. The molecule has 3 N–H and O–H groups in total. The smallest absolute Gasteiger partial charge is 0.238 e. The van der Waals surface area contributed by atoms with Gasteiger partial charge >= 0.3 is 0 Å². The molecule has 1 heterocycles. The number of carbonyl (C=O) groups is 1. The Labute approximate surface area is 143 Å². The zero-order chi connectivity index (χ0) is 17.6. The van der Waals surface area contributed by atoms with E-state index in [4.69, 9.17) is 5.14 Å². The maximum absolute atomic E-state index is 11.9. The Morgan fingerprint density at radius 3 is 2.38 bits per heavy atom. The highest BCUT2D eigenvalue weighted by Gasteiger charge is 2.14. The van der Waals surface area contributed by atoms with Crippen LogP contribution in [0.3, 0.4) is 0 Å². The zero-order valence-electron chi connectivity index (χ0n) is 14.1. The molecule has 1 amide bonds. The van der Waals surface area contributed by atoms with Crippen LogP contribution < -0.4 is 10.5 Å². The van der Waals surface area contributed by atoms with Crippen molar-refractivity contribution in [1.29, 1.82) is 0 Å². The molecule has 0 radical (unpaired) electrons. The summed E-state index contributed by atoms with van der Waals surface area (Å²) in [6.07, 6.45) is 1.17. The zero-order valence-corrected chi connectivity index (χ0v) is 14.9. The molecule has 1 aromatic rings. The number of sulfonamides is 1. The van der Waals surface area contributed by atoms with Crippen LogP contribution in [0.2, 0.25) is 0 Å². The quantitative estimate of drug-likeness (QED) is 0.697. The molecule has 0 saturated carbocycles. The molecule has 2 rings (SSSR count). The van der Waals surface area contributed by atoms with Gasteiger partial charge in [-0.05, 0) is 31.2 Å². The number of carbonyl (C=O) groups excluding carboxylic acids is 1. The van der Waals surface area contributed by atoms with Crippen LogP contribution in [0.1, 0.15) is 12.0 Å². The standard InChI is InChI=1S/C16H26N4O3S/c1-19-10-12-20(13-11-19)9-7-16(21)18-8-6-14-2-4-15(5-3-14)24(17,22)23/h2-5H,6-13H2,1H3,(H,18,21)(H2,17,22,23). The highest BCUT2D eigenvalue weighted by molar-refractivity contribution is 7.89. The molecule has 0 bridgehead atoms. The van der Waals surface area contributed by atoms with Gasteiger partial charge in [-0.1, -0.05) is 12.1 Å². The highest BCUT2D eigenvalue weighted by Crippen LogP contribution is 2.09. The minimum atomic E-state index is -3.65. The van der Waals surface area contributed by atoms with E-state index in [1.54, 1.807) is 12.1 Å². The first-order valence-electron chi connectivity index (χ1n) is 8.14. The normalized spacial score (nSPS) is 16.9. The Balaban J connectivity index is 1.65. The van der Waals surface area contributed by atoms with Crippen molar-refractivity contribution >= 4 is 15.9 Å². The van der Waals surface area contributed by atoms with Gasteiger partial charge in [-0.25, -0.2) is 13.6 Å². The van der Waals surface area contributed by atoms with Crippen LogP contribution in [0.25, 0.3) is 0 Å². The Hall–Kier alpha value is -1.48. The lowest BCUT2D eigenvalue weighted by atomic mass is 10.1. The van der Waals surface area contributed by atoms with E-state index in [0.29, 0.717) is 19.4 Å². The molecule has 1 aliphatic heterocycles. The van der Waals surface area contributed by atoms with Crippen LogP contribution in [-0.2, 0) is 21.2 Å². The van der Waals surface area contributed by atoms with Crippen LogP contribution >= 0.6 is 0 Å². The monoisotopic (exact) mass is 354 g/mol. The summed E-state index contributed by atoms with van der Waals surface area (Å²) >= 11 is 0. The average Bonchev–Trinajstić information content (AvgIpc) is 2.54. The molecule has 134 valence electrons. The third-order valence-electron chi connectivity index (χ3n) is 4.24. The third-order valence-corrected chi connectivity index (χ3v) is 5.17. The lowest BCUT2D eigenvalue weighted by Gasteiger charge is -2.32. The number of likely N-dealkylation sites (N-methyl/N-ethyl adjacent to an activating group) is 1. The summed E-state index contributed by atoms with van der Waals surface area (Å²) in [5.74, 6) is 0.0510. The molecule has 8 heteroatoms. The minimum Gasteiger partial charge on any atom is -0.356 e. The van der Waals surface area contributed by atoms with E-state index in [2.05, 4.69) is 22.2 Å². The number of nitrogens with one attached hydrogen (secondary N) is 1. The summed E-state index contributed by atoms with van der Waals surface area (Å²) in [5.41, 5.74) is 0.960.